The molecule has 2 nitrogen and oxygen atoms in total. The van der Waals surface area contributed by atoms with Crippen LogP contribution in [-0.2, 0) is 0 Å². The minimum Gasteiger partial charge on any atom is -0.316 e. The summed E-state index contributed by atoms with van der Waals surface area (Å²) in [5.74, 6) is 0.778. The van der Waals surface area contributed by atoms with E-state index in [9.17, 15) is 0 Å². The molecule has 0 amide bonds. The van der Waals surface area contributed by atoms with Crippen molar-refractivity contribution in [2.75, 3.05) is 32.7 Å². The maximum absolute atomic E-state index is 3.51. The fourth-order valence-electron chi connectivity index (χ4n) is 2.35. The van der Waals surface area contributed by atoms with Crippen LogP contribution in [0.1, 0.15) is 52.9 Å². The van der Waals surface area contributed by atoms with Crippen LogP contribution in [0.25, 0.3) is 0 Å². The van der Waals surface area contributed by atoms with Crippen LogP contribution in [0, 0.1) is 5.92 Å². The Hall–Kier alpha value is -0.340. The molecule has 0 aromatic heterocycles. The SMILES string of the molecule is CC1=CCN(CCCCCCNCC(C)C)CC1. The van der Waals surface area contributed by atoms with Gasteiger partial charge >= 0.3 is 0 Å². The van der Waals surface area contributed by atoms with Gasteiger partial charge in [0.1, 0.15) is 0 Å². The monoisotopic (exact) mass is 252 g/mol. The van der Waals surface area contributed by atoms with Crippen LogP contribution in [0.5, 0.6) is 0 Å². The van der Waals surface area contributed by atoms with E-state index in [0.29, 0.717) is 0 Å². The summed E-state index contributed by atoms with van der Waals surface area (Å²) in [5, 5.41) is 3.51. The second kappa shape index (κ2) is 9.57. The Morgan fingerprint density at radius 1 is 1.22 bits per heavy atom. The molecular weight excluding hydrogens is 220 g/mol. The van der Waals surface area contributed by atoms with E-state index in [-0.39, 0.29) is 0 Å². The first-order valence-corrected chi connectivity index (χ1v) is 7.77. The summed E-state index contributed by atoms with van der Waals surface area (Å²) >= 11 is 0. The lowest BCUT2D eigenvalue weighted by Gasteiger charge is -2.25. The molecule has 0 bridgehead atoms. The topological polar surface area (TPSA) is 15.3 Å². The van der Waals surface area contributed by atoms with Gasteiger partial charge in [-0.1, -0.05) is 38.3 Å². The number of hydrogen-bond donors (Lipinski definition) is 1. The normalized spacial score (nSPS) is 17.2. The Bertz CT molecular complexity index is 233. The molecule has 0 spiro atoms. The molecule has 1 aliphatic rings. The van der Waals surface area contributed by atoms with E-state index >= 15 is 0 Å². The van der Waals surface area contributed by atoms with Crippen molar-refractivity contribution in [2.45, 2.75) is 52.9 Å². The van der Waals surface area contributed by atoms with Crippen LogP contribution in [0.15, 0.2) is 11.6 Å². The molecule has 0 radical (unpaired) electrons. The number of rotatable bonds is 9. The lowest BCUT2D eigenvalue weighted by Crippen LogP contribution is -2.29. The van der Waals surface area contributed by atoms with Crippen molar-refractivity contribution in [1.29, 1.82) is 0 Å². The summed E-state index contributed by atoms with van der Waals surface area (Å²) < 4.78 is 0. The Morgan fingerprint density at radius 3 is 2.67 bits per heavy atom. The van der Waals surface area contributed by atoms with Gasteiger partial charge < -0.3 is 5.32 Å². The molecule has 18 heavy (non-hydrogen) atoms. The lowest BCUT2D eigenvalue weighted by molar-refractivity contribution is 0.286. The predicted octanol–water partition coefficient (Wildman–Crippen LogP) is 3.44. The molecule has 0 aromatic carbocycles. The van der Waals surface area contributed by atoms with Gasteiger partial charge in [-0.25, -0.2) is 0 Å². The minimum absolute atomic E-state index is 0.778. The van der Waals surface area contributed by atoms with Crippen molar-refractivity contribution < 1.29 is 0 Å². The van der Waals surface area contributed by atoms with Gasteiger partial charge in [-0.15, -0.1) is 0 Å². The zero-order valence-electron chi connectivity index (χ0n) is 12.7. The second-order valence-corrected chi connectivity index (χ2v) is 6.11. The summed E-state index contributed by atoms with van der Waals surface area (Å²) in [5.41, 5.74) is 1.57. The number of hydrogen-bond acceptors (Lipinski definition) is 2. The highest BCUT2D eigenvalue weighted by Crippen LogP contribution is 2.10. The smallest absolute Gasteiger partial charge is 0.0165 e. The second-order valence-electron chi connectivity index (χ2n) is 6.11. The van der Waals surface area contributed by atoms with Gasteiger partial charge in [-0.05, 0) is 51.7 Å². The van der Waals surface area contributed by atoms with E-state index < -0.39 is 0 Å². The minimum atomic E-state index is 0.778. The fraction of sp³-hybridized carbons (Fsp3) is 0.875. The Kier molecular flexibility index (Phi) is 8.36. The zero-order valence-corrected chi connectivity index (χ0v) is 12.7. The van der Waals surface area contributed by atoms with E-state index in [1.807, 2.05) is 0 Å². The molecule has 106 valence electrons. The average molecular weight is 252 g/mol. The average Bonchev–Trinajstić information content (AvgIpc) is 2.34. The van der Waals surface area contributed by atoms with Crippen LogP contribution < -0.4 is 5.32 Å². The van der Waals surface area contributed by atoms with Gasteiger partial charge in [-0.2, -0.15) is 0 Å². The lowest BCUT2D eigenvalue weighted by atomic mass is 10.1. The summed E-state index contributed by atoms with van der Waals surface area (Å²) in [6, 6.07) is 0. The van der Waals surface area contributed by atoms with Gasteiger partial charge in [0.05, 0.1) is 0 Å². The number of nitrogens with one attached hydrogen (secondary N) is 1. The third kappa shape index (κ3) is 7.88. The molecule has 0 unspecified atom stereocenters. The van der Waals surface area contributed by atoms with Crippen molar-refractivity contribution in [3.05, 3.63) is 11.6 Å². The molecule has 0 aliphatic carbocycles. The molecule has 0 aromatic rings. The van der Waals surface area contributed by atoms with E-state index in [0.717, 1.165) is 5.92 Å². The molecule has 1 N–H and O–H groups in total. The maximum Gasteiger partial charge on any atom is 0.0165 e. The third-order valence-electron chi connectivity index (χ3n) is 3.65. The first kappa shape index (κ1) is 15.7. The van der Waals surface area contributed by atoms with Crippen molar-refractivity contribution in [2.24, 2.45) is 5.92 Å². The largest absolute Gasteiger partial charge is 0.316 e. The van der Waals surface area contributed by atoms with Gasteiger partial charge in [0.25, 0.3) is 0 Å². The highest BCUT2D eigenvalue weighted by Gasteiger charge is 2.07. The van der Waals surface area contributed by atoms with Gasteiger partial charge in [-0.3, -0.25) is 4.90 Å². The number of nitrogens with zero attached hydrogens (tertiary/aromatic N) is 1. The quantitative estimate of drug-likeness (QED) is 0.499. The Morgan fingerprint density at radius 2 is 2.00 bits per heavy atom. The van der Waals surface area contributed by atoms with Crippen molar-refractivity contribution in [3.8, 4) is 0 Å². The van der Waals surface area contributed by atoms with Crippen molar-refractivity contribution in [3.63, 3.8) is 0 Å². The van der Waals surface area contributed by atoms with E-state index in [4.69, 9.17) is 0 Å². The van der Waals surface area contributed by atoms with Crippen LogP contribution in [-0.4, -0.2) is 37.6 Å². The van der Waals surface area contributed by atoms with Gasteiger partial charge in [0.2, 0.25) is 0 Å². The van der Waals surface area contributed by atoms with E-state index in [1.165, 1.54) is 64.8 Å². The molecular formula is C16H32N2. The maximum atomic E-state index is 3.51. The zero-order chi connectivity index (χ0) is 13.2. The summed E-state index contributed by atoms with van der Waals surface area (Å²) in [7, 11) is 0. The molecule has 0 saturated carbocycles. The third-order valence-corrected chi connectivity index (χ3v) is 3.65. The molecule has 2 heteroatoms. The van der Waals surface area contributed by atoms with Crippen LogP contribution in [0.4, 0.5) is 0 Å². The molecule has 0 saturated heterocycles. The summed E-state index contributed by atoms with van der Waals surface area (Å²) in [6.07, 6.45) is 9.15. The summed E-state index contributed by atoms with van der Waals surface area (Å²) in [4.78, 5) is 2.59. The first-order valence-electron chi connectivity index (χ1n) is 7.77. The van der Waals surface area contributed by atoms with Crippen LogP contribution >= 0.6 is 0 Å². The first-order chi connectivity index (χ1) is 8.68. The predicted molar refractivity (Wildman–Crippen MR) is 81.0 cm³/mol. The van der Waals surface area contributed by atoms with E-state index in [1.54, 1.807) is 5.57 Å². The highest BCUT2D eigenvalue weighted by molar-refractivity contribution is 5.03. The summed E-state index contributed by atoms with van der Waals surface area (Å²) in [6.45, 7) is 12.9. The molecule has 1 heterocycles. The molecule has 0 fully saturated rings. The van der Waals surface area contributed by atoms with E-state index in [2.05, 4.69) is 37.1 Å². The Balaban J connectivity index is 1.84. The Labute approximate surface area is 114 Å². The highest BCUT2D eigenvalue weighted by atomic mass is 15.1. The van der Waals surface area contributed by atoms with Crippen LogP contribution in [0.2, 0.25) is 0 Å². The number of unbranched alkanes of at least 4 members (excludes halogenated alkanes) is 3. The van der Waals surface area contributed by atoms with Gasteiger partial charge in [0.15, 0.2) is 0 Å². The molecule has 1 rings (SSSR count). The fourth-order valence-corrected chi connectivity index (χ4v) is 2.35. The van der Waals surface area contributed by atoms with Crippen molar-refractivity contribution in [1.82, 2.24) is 10.2 Å². The standard InChI is InChI=1S/C16H32N2/c1-15(2)14-17-10-6-4-5-7-11-18-12-8-16(3)9-13-18/h8,15,17H,4-7,9-14H2,1-3H3. The van der Waals surface area contributed by atoms with Crippen molar-refractivity contribution >= 4 is 0 Å². The van der Waals surface area contributed by atoms with Gasteiger partial charge in [0, 0.05) is 13.1 Å². The van der Waals surface area contributed by atoms with Crippen LogP contribution in [0.3, 0.4) is 0 Å². The molecule has 0 atom stereocenters. The molecule has 1 aliphatic heterocycles.